The number of phenols is 1. The number of fused-ring (bicyclic) bond motifs is 4. The zero-order valence-corrected chi connectivity index (χ0v) is 38.9. The van der Waals surface area contributed by atoms with Crippen LogP contribution in [-0.4, -0.2) is 19.3 Å². The molecule has 4 bridgehead atoms. The molecule has 6 unspecified atom stereocenters. The van der Waals surface area contributed by atoms with E-state index in [0.717, 1.165) is 49.0 Å². The molecule has 0 spiro atoms. The third-order valence-electron chi connectivity index (χ3n) is 10.6. The van der Waals surface area contributed by atoms with Crippen molar-refractivity contribution in [3.8, 4) is 83.6 Å². The first-order valence-corrected chi connectivity index (χ1v) is 19.9. The molecule has 59 heavy (non-hydrogen) atoms. The summed E-state index contributed by atoms with van der Waals surface area (Å²) in [6.45, 7) is 4.26. The largest absolute Gasteiger partial charge is 1.00 e. The minimum absolute atomic E-state index is 0. The summed E-state index contributed by atoms with van der Waals surface area (Å²) in [7, 11) is -1.86. The molecule has 4 aliphatic carbocycles. The van der Waals surface area contributed by atoms with E-state index in [1.54, 1.807) is 32.4 Å². The van der Waals surface area contributed by atoms with Crippen molar-refractivity contribution >= 4 is 19.3 Å². The van der Waals surface area contributed by atoms with Gasteiger partial charge in [0, 0.05) is 52.3 Å². The van der Waals surface area contributed by atoms with Crippen LogP contribution in [0.1, 0.15) is 76.6 Å². The van der Waals surface area contributed by atoms with Crippen LogP contribution >= 0.6 is 7.82 Å². The van der Waals surface area contributed by atoms with Crippen LogP contribution in [0.15, 0.2) is 83.0 Å². The zero-order valence-electron chi connectivity index (χ0n) is 34.0. The van der Waals surface area contributed by atoms with Crippen LogP contribution in [0.3, 0.4) is 0 Å². The number of phenolic OH excluding ortho intramolecular Hbond substituents is 1. The molecule has 2 saturated carbocycles. The predicted octanol–water partition coefficient (Wildman–Crippen LogP) is 2.89. The van der Waals surface area contributed by atoms with Crippen molar-refractivity contribution < 1.29 is 98.3 Å². The van der Waals surface area contributed by atoms with Gasteiger partial charge in [0.05, 0.1) is 14.2 Å². The van der Waals surface area contributed by atoms with Crippen molar-refractivity contribution in [1.82, 2.24) is 0 Å². The van der Waals surface area contributed by atoms with E-state index in [1.807, 2.05) is 18.2 Å². The Morgan fingerprint density at radius 2 is 1.19 bits per heavy atom. The van der Waals surface area contributed by atoms with Crippen LogP contribution in [0.2, 0.25) is 0 Å². The van der Waals surface area contributed by atoms with Gasteiger partial charge in [-0.05, 0) is 122 Å². The van der Waals surface area contributed by atoms with Crippen LogP contribution in [-0.2, 0) is 14.0 Å². The van der Waals surface area contributed by atoms with E-state index in [0.29, 0.717) is 23.2 Å². The Balaban J connectivity index is -0.00000104. The SMILES string of the molecule is C.C#CC#CC#CC1C=C(C)C2CCCC1/C2=C(\OC)c1cccc(O)c1.C#CC#CC#CC1C=C(C)C2CCCC1/C2=C(\OC)c1cccc(OP(=O)([O-])[O-])c1.[HH].[HH].[HH].[HH].[Na+].[Na+]. The van der Waals surface area contributed by atoms with E-state index in [1.165, 1.54) is 35.3 Å². The number of allylic oxidation sites excluding steroid dienone is 6. The van der Waals surface area contributed by atoms with Crippen molar-refractivity contribution in [2.75, 3.05) is 14.2 Å². The van der Waals surface area contributed by atoms with Gasteiger partial charge in [-0.1, -0.05) is 79.7 Å². The van der Waals surface area contributed by atoms with Crippen LogP contribution in [0.4, 0.5) is 0 Å². The molecule has 6 atom stereocenters. The second-order valence-electron chi connectivity index (χ2n) is 14.0. The Morgan fingerprint density at radius 3 is 1.61 bits per heavy atom. The number of phosphoric ester groups is 1. The fraction of sp³-hybridized carbons (Fsp3) is 0.347. The number of phosphoric acid groups is 1. The predicted molar refractivity (Wildman–Crippen MR) is 231 cm³/mol. The molecule has 0 aliphatic heterocycles. The van der Waals surface area contributed by atoms with Crippen LogP contribution in [0.5, 0.6) is 11.5 Å². The summed E-state index contributed by atoms with van der Waals surface area (Å²) in [5.41, 5.74) is 6.55. The van der Waals surface area contributed by atoms with Crippen molar-refractivity contribution in [3.63, 3.8) is 0 Å². The Labute approximate surface area is 401 Å². The molecule has 6 rings (SSSR count). The van der Waals surface area contributed by atoms with E-state index in [-0.39, 0.29) is 107 Å². The van der Waals surface area contributed by atoms with Gasteiger partial charge in [0.1, 0.15) is 30.8 Å². The summed E-state index contributed by atoms with van der Waals surface area (Å²) < 4.78 is 27.2. The zero-order chi connectivity index (χ0) is 40.2. The Morgan fingerprint density at radius 1 is 0.729 bits per heavy atom. The first-order chi connectivity index (χ1) is 27.0. The smallest absolute Gasteiger partial charge is 0.780 e. The maximum atomic E-state index is 11.0. The topological polar surface area (TPSA) is 111 Å². The number of terminal acetylenes is 2. The Bertz CT molecular complexity index is 2380. The third-order valence-corrected chi connectivity index (χ3v) is 11.1. The van der Waals surface area contributed by atoms with Gasteiger partial charge in [-0.15, -0.1) is 12.8 Å². The summed E-state index contributed by atoms with van der Waals surface area (Å²) in [6.07, 6.45) is 21.2. The number of ether oxygens (including phenoxy) is 2. The first-order valence-electron chi connectivity index (χ1n) is 18.5. The maximum absolute atomic E-state index is 11.0. The molecule has 0 amide bonds. The first kappa shape index (κ1) is 51.3. The van der Waals surface area contributed by atoms with Gasteiger partial charge >= 0.3 is 59.1 Å². The molecule has 0 saturated heterocycles. The van der Waals surface area contributed by atoms with Gasteiger partial charge in [-0.2, -0.15) is 0 Å². The molecule has 300 valence electrons. The fourth-order valence-electron chi connectivity index (χ4n) is 8.53. The molecule has 2 fully saturated rings. The molecule has 7 nitrogen and oxygen atoms in total. The average molecular weight is 833 g/mol. The summed E-state index contributed by atoms with van der Waals surface area (Å²) in [4.78, 5) is 22.0. The van der Waals surface area contributed by atoms with E-state index in [2.05, 4.69) is 89.7 Å². The average Bonchev–Trinajstić information content (AvgIpc) is 3.16. The van der Waals surface area contributed by atoms with Crippen LogP contribution in [0.25, 0.3) is 11.5 Å². The van der Waals surface area contributed by atoms with E-state index in [4.69, 9.17) is 22.3 Å². The second kappa shape index (κ2) is 24.4. The minimum Gasteiger partial charge on any atom is -0.780 e. The molecule has 0 aromatic heterocycles. The molecule has 10 heteroatoms. The molecule has 2 aromatic carbocycles. The number of benzene rings is 2. The second-order valence-corrected chi connectivity index (χ2v) is 15.1. The quantitative estimate of drug-likeness (QED) is 0.157. The third kappa shape index (κ3) is 13.3. The van der Waals surface area contributed by atoms with Crippen molar-refractivity contribution in [2.45, 2.75) is 59.8 Å². The van der Waals surface area contributed by atoms with Crippen molar-refractivity contribution in [2.24, 2.45) is 35.5 Å². The molecule has 1 N–H and O–H groups in total. The molecular formula is C49H55Na2O7P. The van der Waals surface area contributed by atoms with Gasteiger partial charge in [0.2, 0.25) is 0 Å². The minimum atomic E-state index is -5.15. The number of hydrogen-bond acceptors (Lipinski definition) is 7. The van der Waals surface area contributed by atoms with Crippen molar-refractivity contribution in [3.05, 3.63) is 94.1 Å². The molecule has 0 heterocycles. The van der Waals surface area contributed by atoms with E-state index in [9.17, 15) is 19.5 Å². The Kier molecular flexibility index (Phi) is 21.2. The molecule has 2 aromatic rings. The number of rotatable bonds is 6. The summed E-state index contributed by atoms with van der Waals surface area (Å²) in [5.74, 6) is 30.1. The Hall–Kier alpha value is -3.89. The monoisotopic (exact) mass is 832 g/mol. The van der Waals surface area contributed by atoms with Gasteiger partial charge in [-0.3, -0.25) is 0 Å². The maximum Gasteiger partial charge on any atom is 1.00 e. The van der Waals surface area contributed by atoms with E-state index < -0.39 is 7.82 Å². The molecule has 0 radical (unpaired) electrons. The van der Waals surface area contributed by atoms with Crippen molar-refractivity contribution in [1.29, 1.82) is 0 Å². The van der Waals surface area contributed by atoms with Crippen LogP contribution in [0, 0.1) is 108 Å². The number of hydrogen-bond donors (Lipinski definition) is 1. The molecule has 4 aliphatic rings. The number of aromatic hydroxyl groups is 1. The van der Waals surface area contributed by atoms with Gasteiger partial charge in [-0.25, -0.2) is 0 Å². The normalized spacial score (nSPS) is 23.5. The summed E-state index contributed by atoms with van der Waals surface area (Å²) in [5, 5.41) is 9.89. The van der Waals surface area contributed by atoms with Gasteiger partial charge in [0.25, 0.3) is 0 Å². The number of methoxy groups -OCH3 is 2. The fourth-order valence-corrected chi connectivity index (χ4v) is 8.90. The van der Waals surface area contributed by atoms with Gasteiger partial charge < -0.3 is 33.5 Å². The van der Waals surface area contributed by atoms with Crippen LogP contribution < -0.4 is 73.4 Å². The standard InChI is InChI=1S/C24H23O5P.C24H22O2.CH4.2Na.4H2/c1-4-5-6-7-10-18-15-17(2)21-13-9-14-22(18)23(21)24(28-3)19-11-8-12-20(16-19)29-30(25,26)27;1-4-5-6-7-10-18-15-17(2)21-13-9-14-22(18)23(21)24(26-3)19-11-8-12-20(25)16-19;;;;;;;/h1,8,11-12,15-16,18,21-22H,9,13-14H2,2-3H3,(H2,25,26,27);1,8,11-12,15-16,18,21-22,25H,9,13-14H2,2-3H3;1H4;;;4*1H/q;;;2*+1;;;;/p-2/b2*24-23-;;;;;;;. The summed E-state index contributed by atoms with van der Waals surface area (Å²) >= 11 is 0. The summed E-state index contributed by atoms with van der Waals surface area (Å²) in [6, 6.07) is 13.6. The van der Waals surface area contributed by atoms with Gasteiger partial charge in [0.15, 0.2) is 0 Å². The van der Waals surface area contributed by atoms with E-state index >= 15 is 0 Å². The molecular weight excluding hydrogens is 777 g/mol.